The second-order valence-electron chi connectivity index (χ2n) is 7.57. The summed E-state index contributed by atoms with van der Waals surface area (Å²) in [5, 5.41) is 5.79. The van der Waals surface area contributed by atoms with Gasteiger partial charge in [-0.2, -0.15) is 0 Å². The highest BCUT2D eigenvalue weighted by Gasteiger charge is 2.41. The zero-order valence-electron chi connectivity index (χ0n) is 16.8. The lowest BCUT2D eigenvalue weighted by Gasteiger charge is -2.36. The van der Waals surface area contributed by atoms with Gasteiger partial charge in [-0.05, 0) is 50.3 Å². The zero-order chi connectivity index (χ0) is 20.1. The number of rotatable bonds is 5. The molecule has 1 saturated heterocycles. The first kappa shape index (κ1) is 20.1. The average molecular weight is 380 g/mol. The summed E-state index contributed by atoms with van der Waals surface area (Å²) in [4.78, 5) is 25.6. The van der Waals surface area contributed by atoms with Crippen molar-refractivity contribution in [1.29, 1.82) is 0 Å². The molecular weight excluding hydrogens is 352 g/mol. The molecule has 5 heteroatoms. The highest BCUT2D eigenvalue weighted by atomic mass is 16.5. The fourth-order valence-corrected chi connectivity index (χ4v) is 4.01. The number of amides is 2. The Morgan fingerprint density at radius 2 is 1.61 bits per heavy atom. The molecule has 0 aromatic heterocycles. The number of ether oxygens (including phenoxy) is 1. The van der Waals surface area contributed by atoms with Crippen LogP contribution in [-0.4, -0.2) is 31.6 Å². The Hall–Kier alpha value is -2.66. The van der Waals surface area contributed by atoms with Crippen LogP contribution in [0.3, 0.4) is 0 Å². The van der Waals surface area contributed by atoms with E-state index < -0.39 is 5.41 Å². The summed E-state index contributed by atoms with van der Waals surface area (Å²) in [5.41, 5.74) is 4.33. The molecule has 0 spiro atoms. The average Bonchev–Trinajstić information content (AvgIpc) is 2.70. The maximum absolute atomic E-state index is 13.1. The molecule has 0 aliphatic carbocycles. The van der Waals surface area contributed by atoms with Crippen LogP contribution in [0.5, 0.6) is 0 Å². The molecule has 0 atom stereocenters. The first-order valence-corrected chi connectivity index (χ1v) is 9.72. The highest BCUT2D eigenvalue weighted by Crippen LogP contribution is 2.35. The van der Waals surface area contributed by atoms with Crippen LogP contribution in [0.1, 0.15) is 35.1 Å². The van der Waals surface area contributed by atoms with Crippen LogP contribution in [0.2, 0.25) is 0 Å². The SMILES string of the molecule is Cc1cc(C)c(NC(=O)CNC(=O)C2(c3ccccc3)CCOCC2)c(C)c1. The number of hydrogen-bond acceptors (Lipinski definition) is 3. The van der Waals surface area contributed by atoms with E-state index in [-0.39, 0.29) is 18.4 Å². The minimum atomic E-state index is -0.643. The smallest absolute Gasteiger partial charge is 0.243 e. The Labute approximate surface area is 166 Å². The van der Waals surface area contributed by atoms with E-state index in [4.69, 9.17) is 4.74 Å². The van der Waals surface area contributed by atoms with Crippen molar-refractivity contribution in [2.45, 2.75) is 39.0 Å². The van der Waals surface area contributed by atoms with Crippen LogP contribution >= 0.6 is 0 Å². The van der Waals surface area contributed by atoms with Crippen LogP contribution in [0.25, 0.3) is 0 Å². The lowest BCUT2D eigenvalue weighted by atomic mass is 9.73. The summed E-state index contributed by atoms with van der Waals surface area (Å²) in [7, 11) is 0. The third kappa shape index (κ3) is 4.25. The molecular formula is C23H28N2O3. The summed E-state index contributed by atoms with van der Waals surface area (Å²) in [6.07, 6.45) is 1.22. The molecule has 0 radical (unpaired) electrons. The Kier molecular flexibility index (Phi) is 6.15. The number of anilines is 1. The lowest BCUT2D eigenvalue weighted by Crippen LogP contribution is -2.49. The molecule has 0 saturated carbocycles. The van der Waals surface area contributed by atoms with Gasteiger partial charge in [0, 0.05) is 18.9 Å². The summed E-state index contributed by atoms with van der Waals surface area (Å²) in [6, 6.07) is 13.8. The van der Waals surface area contributed by atoms with Crippen LogP contribution in [0.4, 0.5) is 5.69 Å². The maximum Gasteiger partial charge on any atom is 0.243 e. The summed E-state index contributed by atoms with van der Waals surface area (Å²) >= 11 is 0. The number of carbonyl (C=O) groups is 2. The predicted octanol–water partition coefficient (Wildman–Crippen LogP) is 3.41. The van der Waals surface area contributed by atoms with Gasteiger partial charge in [-0.1, -0.05) is 48.0 Å². The van der Waals surface area contributed by atoms with Gasteiger partial charge in [-0.15, -0.1) is 0 Å². The molecule has 2 aromatic rings. The minimum absolute atomic E-state index is 0.0545. The van der Waals surface area contributed by atoms with Crippen LogP contribution in [0, 0.1) is 20.8 Å². The van der Waals surface area contributed by atoms with Crippen LogP contribution in [-0.2, 0) is 19.7 Å². The van der Waals surface area contributed by atoms with Gasteiger partial charge in [0.15, 0.2) is 0 Å². The molecule has 0 bridgehead atoms. The number of nitrogens with one attached hydrogen (secondary N) is 2. The summed E-state index contributed by atoms with van der Waals surface area (Å²) in [6.45, 7) is 7.00. The fourth-order valence-electron chi connectivity index (χ4n) is 4.01. The van der Waals surface area contributed by atoms with Gasteiger partial charge in [0.25, 0.3) is 0 Å². The molecule has 1 aliphatic rings. The van der Waals surface area contributed by atoms with Gasteiger partial charge in [-0.3, -0.25) is 9.59 Å². The van der Waals surface area contributed by atoms with Crippen molar-refractivity contribution in [3.8, 4) is 0 Å². The standard InChI is InChI=1S/C23H28N2O3/c1-16-13-17(2)21(18(3)14-16)25-20(26)15-24-22(27)23(9-11-28-12-10-23)19-7-5-4-6-8-19/h4-8,13-14H,9-12,15H2,1-3H3,(H,24,27)(H,25,26). The zero-order valence-corrected chi connectivity index (χ0v) is 16.8. The molecule has 148 valence electrons. The molecule has 3 rings (SSSR count). The Balaban J connectivity index is 1.69. The summed E-state index contributed by atoms with van der Waals surface area (Å²) in [5.74, 6) is -0.340. The van der Waals surface area contributed by atoms with Crippen molar-refractivity contribution in [2.24, 2.45) is 0 Å². The summed E-state index contributed by atoms with van der Waals surface area (Å²) < 4.78 is 5.48. The molecule has 1 aliphatic heterocycles. The van der Waals surface area contributed by atoms with Crippen molar-refractivity contribution in [3.63, 3.8) is 0 Å². The monoisotopic (exact) mass is 380 g/mol. The van der Waals surface area contributed by atoms with Gasteiger partial charge in [0.05, 0.1) is 12.0 Å². The normalized spacial score (nSPS) is 15.7. The first-order chi connectivity index (χ1) is 13.4. The molecule has 5 nitrogen and oxygen atoms in total. The number of carbonyl (C=O) groups excluding carboxylic acids is 2. The Morgan fingerprint density at radius 1 is 1.00 bits per heavy atom. The van der Waals surface area contributed by atoms with E-state index >= 15 is 0 Å². The van der Waals surface area contributed by atoms with E-state index in [1.54, 1.807) is 0 Å². The van der Waals surface area contributed by atoms with Gasteiger partial charge < -0.3 is 15.4 Å². The van der Waals surface area contributed by atoms with Gasteiger partial charge in [-0.25, -0.2) is 0 Å². The largest absolute Gasteiger partial charge is 0.381 e. The highest BCUT2D eigenvalue weighted by molar-refractivity contribution is 5.97. The molecule has 2 amide bonds. The van der Waals surface area contributed by atoms with Gasteiger partial charge in [0.2, 0.25) is 11.8 Å². The number of benzene rings is 2. The fraction of sp³-hybridized carbons (Fsp3) is 0.391. The van der Waals surface area contributed by atoms with Crippen LogP contribution < -0.4 is 10.6 Å². The van der Waals surface area contributed by atoms with E-state index in [1.165, 1.54) is 0 Å². The van der Waals surface area contributed by atoms with Gasteiger partial charge >= 0.3 is 0 Å². The predicted molar refractivity (Wildman–Crippen MR) is 110 cm³/mol. The molecule has 1 heterocycles. The maximum atomic E-state index is 13.1. The third-order valence-corrected chi connectivity index (χ3v) is 5.46. The molecule has 2 aromatic carbocycles. The van der Waals surface area contributed by atoms with Crippen molar-refractivity contribution in [3.05, 3.63) is 64.7 Å². The van der Waals surface area contributed by atoms with Crippen molar-refractivity contribution < 1.29 is 14.3 Å². The number of aryl methyl sites for hydroxylation is 3. The molecule has 28 heavy (non-hydrogen) atoms. The lowest BCUT2D eigenvalue weighted by molar-refractivity contribution is -0.132. The quantitative estimate of drug-likeness (QED) is 0.835. The van der Waals surface area contributed by atoms with E-state index in [9.17, 15) is 9.59 Å². The van der Waals surface area contributed by atoms with E-state index in [1.807, 2.05) is 63.2 Å². The van der Waals surface area contributed by atoms with Crippen molar-refractivity contribution in [2.75, 3.05) is 25.1 Å². The van der Waals surface area contributed by atoms with Crippen molar-refractivity contribution in [1.82, 2.24) is 5.32 Å². The third-order valence-electron chi connectivity index (χ3n) is 5.46. The minimum Gasteiger partial charge on any atom is -0.381 e. The second kappa shape index (κ2) is 8.57. The molecule has 1 fully saturated rings. The van der Waals surface area contributed by atoms with E-state index in [2.05, 4.69) is 10.6 Å². The second-order valence-corrected chi connectivity index (χ2v) is 7.57. The van der Waals surface area contributed by atoms with Gasteiger partial charge in [0.1, 0.15) is 0 Å². The van der Waals surface area contributed by atoms with Crippen LogP contribution in [0.15, 0.2) is 42.5 Å². The topological polar surface area (TPSA) is 67.4 Å². The van der Waals surface area contributed by atoms with Crippen molar-refractivity contribution >= 4 is 17.5 Å². The van der Waals surface area contributed by atoms with E-state index in [0.29, 0.717) is 26.1 Å². The Morgan fingerprint density at radius 3 is 2.21 bits per heavy atom. The molecule has 2 N–H and O–H groups in total. The molecule has 0 unspecified atom stereocenters. The first-order valence-electron chi connectivity index (χ1n) is 9.72. The number of hydrogen-bond donors (Lipinski definition) is 2. The Bertz CT molecular complexity index is 832. The van der Waals surface area contributed by atoms with E-state index in [0.717, 1.165) is 27.9 Å².